The zero-order valence-corrected chi connectivity index (χ0v) is 9.94. The van der Waals surface area contributed by atoms with Crippen LogP contribution in [0.3, 0.4) is 0 Å². The molecule has 1 aromatic rings. The number of urea groups is 1. The van der Waals surface area contributed by atoms with Crippen LogP contribution in [-0.4, -0.2) is 23.7 Å². The van der Waals surface area contributed by atoms with Crippen LogP contribution in [0.15, 0.2) is 24.3 Å². The second kappa shape index (κ2) is 6.58. The summed E-state index contributed by atoms with van der Waals surface area (Å²) in [5.74, 6) is -1.94. The van der Waals surface area contributed by atoms with Gasteiger partial charge < -0.3 is 15.7 Å². The Morgan fingerprint density at radius 2 is 1.94 bits per heavy atom. The van der Waals surface area contributed by atoms with Crippen LogP contribution in [0.5, 0.6) is 0 Å². The first kappa shape index (κ1) is 14.0. The molecule has 0 aliphatic rings. The summed E-state index contributed by atoms with van der Waals surface area (Å²) in [6, 6.07) is 4.78. The van der Waals surface area contributed by atoms with Crippen LogP contribution >= 0.6 is 0 Å². The molecule has 1 atom stereocenters. The van der Waals surface area contributed by atoms with E-state index in [1.807, 2.05) is 0 Å². The predicted molar refractivity (Wildman–Crippen MR) is 64.8 cm³/mol. The molecule has 1 aromatic carbocycles. The summed E-state index contributed by atoms with van der Waals surface area (Å²) < 4.78 is 12.6. The normalized spacial score (nSPS) is 11.7. The smallest absolute Gasteiger partial charge is 0.319 e. The highest BCUT2D eigenvalue weighted by molar-refractivity contribution is 5.89. The molecule has 0 radical (unpaired) electrons. The lowest BCUT2D eigenvalue weighted by atomic mass is 10.1. The number of hydrogen-bond acceptors (Lipinski definition) is 2. The van der Waals surface area contributed by atoms with Crippen LogP contribution in [-0.2, 0) is 4.79 Å². The molecule has 18 heavy (non-hydrogen) atoms. The number of rotatable bonds is 5. The maximum absolute atomic E-state index is 12.6. The fourth-order valence-corrected chi connectivity index (χ4v) is 1.33. The summed E-state index contributed by atoms with van der Waals surface area (Å²) in [6.45, 7) is 1.79. The highest BCUT2D eigenvalue weighted by Gasteiger charge is 2.15. The van der Waals surface area contributed by atoms with Crippen LogP contribution in [0.4, 0.5) is 14.9 Å². The number of carbonyl (C=O) groups is 2. The van der Waals surface area contributed by atoms with E-state index < -0.39 is 23.7 Å². The summed E-state index contributed by atoms with van der Waals surface area (Å²) in [5.41, 5.74) is 0.442. The average molecular weight is 254 g/mol. The van der Waals surface area contributed by atoms with Crippen molar-refractivity contribution in [3.05, 3.63) is 30.1 Å². The van der Waals surface area contributed by atoms with Gasteiger partial charge in [0.2, 0.25) is 0 Å². The Balaban J connectivity index is 2.42. The number of benzene rings is 1. The van der Waals surface area contributed by atoms with Crippen molar-refractivity contribution >= 4 is 17.7 Å². The Labute approximate surface area is 104 Å². The molecular weight excluding hydrogens is 239 g/mol. The van der Waals surface area contributed by atoms with Crippen LogP contribution in [0, 0.1) is 11.7 Å². The minimum Gasteiger partial charge on any atom is -0.481 e. The summed E-state index contributed by atoms with van der Waals surface area (Å²) >= 11 is 0. The third-order valence-electron chi connectivity index (χ3n) is 2.45. The molecule has 0 spiro atoms. The van der Waals surface area contributed by atoms with Crippen molar-refractivity contribution in [2.24, 2.45) is 5.92 Å². The van der Waals surface area contributed by atoms with Crippen LogP contribution in [0.25, 0.3) is 0 Å². The number of hydrogen-bond donors (Lipinski definition) is 3. The lowest BCUT2D eigenvalue weighted by molar-refractivity contribution is -0.141. The van der Waals surface area contributed by atoms with Gasteiger partial charge in [0.15, 0.2) is 0 Å². The van der Waals surface area contributed by atoms with E-state index in [1.54, 1.807) is 6.92 Å². The summed E-state index contributed by atoms with van der Waals surface area (Å²) in [6.07, 6.45) is 0.437. The van der Waals surface area contributed by atoms with Crippen molar-refractivity contribution in [3.63, 3.8) is 0 Å². The molecule has 0 aromatic heterocycles. The van der Waals surface area contributed by atoms with Crippen molar-refractivity contribution < 1.29 is 19.1 Å². The van der Waals surface area contributed by atoms with Crippen molar-refractivity contribution in [2.75, 3.05) is 11.9 Å². The molecule has 5 nitrogen and oxygen atoms in total. The molecule has 0 fully saturated rings. The zero-order valence-electron chi connectivity index (χ0n) is 9.94. The van der Waals surface area contributed by atoms with E-state index in [9.17, 15) is 14.0 Å². The Morgan fingerprint density at radius 3 is 2.44 bits per heavy atom. The van der Waals surface area contributed by atoms with E-state index in [4.69, 9.17) is 5.11 Å². The van der Waals surface area contributed by atoms with Gasteiger partial charge in [0.05, 0.1) is 5.92 Å². The summed E-state index contributed by atoms with van der Waals surface area (Å²) in [7, 11) is 0. The first-order chi connectivity index (χ1) is 8.52. The first-order valence-electron chi connectivity index (χ1n) is 5.56. The molecule has 1 unspecified atom stereocenters. The minimum absolute atomic E-state index is 0.0544. The molecule has 3 N–H and O–H groups in total. The number of aliphatic carboxylic acids is 1. The minimum atomic E-state index is -0.945. The van der Waals surface area contributed by atoms with Gasteiger partial charge in [-0.2, -0.15) is 0 Å². The molecule has 2 amide bonds. The number of carboxylic acid groups (broad SMARTS) is 1. The lowest BCUT2D eigenvalue weighted by Crippen LogP contribution is -2.35. The molecule has 1 rings (SSSR count). The van der Waals surface area contributed by atoms with Gasteiger partial charge in [-0.25, -0.2) is 9.18 Å². The molecule has 0 saturated carbocycles. The average Bonchev–Trinajstić information content (AvgIpc) is 2.32. The van der Waals surface area contributed by atoms with Gasteiger partial charge >= 0.3 is 12.0 Å². The van der Waals surface area contributed by atoms with E-state index in [0.717, 1.165) is 0 Å². The van der Waals surface area contributed by atoms with Crippen LogP contribution < -0.4 is 10.6 Å². The summed E-state index contributed by atoms with van der Waals surface area (Å²) in [5, 5.41) is 13.7. The second-order valence-corrected chi connectivity index (χ2v) is 3.79. The number of carbonyl (C=O) groups excluding carboxylic acids is 1. The highest BCUT2D eigenvalue weighted by atomic mass is 19.1. The van der Waals surface area contributed by atoms with Crippen molar-refractivity contribution in [3.8, 4) is 0 Å². The quantitative estimate of drug-likeness (QED) is 0.752. The first-order valence-corrected chi connectivity index (χ1v) is 5.56. The molecule has 0 aliphatic carbocycles. The highest BCUT2D eigenvalue weighted by Crippen LogP contribution is 2.08. The van der Waals surface area contributed by atoms with Gasteiger partial charge in [-0.1, -0.05) is 6.92 Å². The standard InChI is InChI=1S/C12H15FN2O3/c1-2-8(11(16)17)7-14-12(18)15-10-5-3-9(13)4-6-10/h3-6,8H,2,7H2,1H3,(H,16,17)(H2,14,15,18). The van der Waals surface area contributed by atoms with Crippen molar-refractivity contribution in [2.45, 2.75) is 13.3 Å². The number of carboxylic acids is 1. The molecule has 6 heteroatoms. The number of halogens is 1. The van der Waals surface area contributed by atoms with Gasteiger partial charge in [-0.15, -0.1) is 0 Å². The number of nitrogens with one attached hydrogen (secondary N) is 2. The van der Waals surface area contributed by atoms with Gasteiger partial charge in [-0.3, -0.25) is 4.79 Å². The number of amides is 2. The molecule has 0 saturated heterocycles. The summed E-state index contributed by atoms with van der Waals surface area (Å²) in [4.78, 5) is 22.2. The largest absolute Gasteiger partial charge is 0.481 e. The molecule has 0 aliphatic heterocycles. The SMILES string of the molecule is CCC(CNC(=O)Nc1ccc(F)cc1)C(=O)O. The second-order valence-electron chi connectivity index (χ2n) is 3.79. The molecule has 0 heterocycles. The van der Waals surface area contributed by atoms with Crippen molar-refractivity contribution in [1.82, 2.24) is 5.32 Å². The van der Waals surface area contributed by atoms with Gasteiger partial charge in [0.25, 0.3) is 0 Å². The van der Waals surface area contributed by atoms with E-state index in [-0.39, 0.29) is 6.54 Å². The Bertz CT molecular complexity index is 420. The zero-order chi connectivity index (χ0) is 13.5. The van der Waals surface area contributed by atoms with Gasteiger partial charge in [0, 0.05) is 12.2 Å². The Morgan fingerprint density at radius 1 is 1.33 bits per heavy atom. The van der Waals surface area contributed by atoms with E-state index in [0.29, 0.717) is 12.1 Å². The molecule has 98 valence electrons. The monoisotopic (exact) mass is 254 g/mol. The third kappa shape index (κ3) is 4.40. The topological polar surface area (TPSA) is 78.4 Å². The Hall–Kier alpha value is -2.11. The Kier molecular flexibility index (Phi) is 5.10. The predicted octanol–water partition coefficient (Wildman–Crippen LogP) is 2.06. The van der Waals surface area contributed by atoms with E-state index in [2.05, 4.69) is 10.6 Å². The molecule has 0 bridgehead atoms. The fourth-order valence-electron chi connectivity index (χ4n) is 1.33. The lowest BCUT2D eigenvalue weighted by Gasteiger charge is -2.11. The van der Waals surface area contributed by atoms with E-state index in [1.165, 1.54) is 24.3 Å². The van der Waals surface area contributed by atoms with E-state index >= 15 is 0 Å². The van der Waals surface area contributed by atoms with Gasteiger partial charge in [0.1, 0.15) is 5.82 Å². The third-order valence-corrected chi connectivity index (χ3v) is 2.45. The maximum atomic E-state index is 12.6. The fraction of sp³-hybridized carbons (Fsp3) is 0.333. The number of anilines is 1. The van der Waals surface area contributed by atoms with Crippen LogP contribution in [0.2, 0.25) is 0 Å². The van der Waals surface area contributed by atoms with Gasteiger partial charge in [-0.05, 0) is 30.7 Å². The van der Waals surface area contributed by atoms with Crippen molar-refractivity contribution in [1.29, 1.82) is 0 Å². The molecular formula is C12H15FN2O3. The maximum Gasteiger partial charge on any atom is 0.319 e. The van der Waals surface area contributed by atoms with Crippen LogP contribution in [0.1, 0.15) is 13.3 Å².